The number of rotatable bonds is 2. The van der Waals surface area contributed by atoms with Crippen molar-refractivity contribution >= 4 is 29.2 Å². The van der Waals surface area contributed by atoms with Crippen LogP contribution in [-0.4, -0.2) is 5.97 Å². The van der Waals surface area contributed by atoms with Crippen LogP contribution in [0, 0.1) is 6.92 Å². The molecule has 0 saturated heterocycles. The molecule has 0 spiro atoms. The standard InChI is InChI=1S/C9H8Cl2O3/c1-5-7(10)3-4-8(9(5)11)14-13-6(2)12/h3-4H,1-2H3. The van der Waals surface area contributed by atoms with Gasteiger partial charge < -0.3 is 0 Å². The Labute approximate surface area is 91.5 Å². The van der Waals surface area contributed by atoms with Gasteiger partial charge in [-0.2, -0.15) is 0 Å². The first-order valence-electron chi connectivity index (χ1n) is 3.82. The van der Waals surface area contributed by atoms with Gasteiger partial charge in [0.2, 0.25) is 0 Å². The van der Waals surface area contributed by atoms with Gasteiger partial charge in [-0.3, -0.25) is 9.78 Å². The Kier molecular flexibility index (Phi) is 3.61. The lowest BCUT2D eigenvalue weighted by Crippen LogP contribution is -2.03. The summed E-state index contributed by atoms with van der Waals surface area (Å²) in [6.45, 7) is 2.97. The van der Waals surface area contributed by atoms with E-state index in [0.29, 0.717) is 15.6 Å². The van der Waals surface area contributed by atoms with Gasteiger partial charge in [-0.1, -0.05) is 23.2 Å². The molecule has 3 nitrogen and oxygen atoms in total. The van der Waals surface area contributed by atoms with Gasteiger partial charge in [-0.15, -0.1) is 0 Å². The van der Waals surface area contributed by atoms with Gasteiger partial charge in [-0.25, -0.2) is 4.79 Å². The van der Waals surface area contributed by atoms with Crippen molar-refractivity contribution in [2.75, 3.05) is 0 Å². The highest BCUT2D eigenvalue weighted by Crippen LogP contribution is 2.32. The molecule has 0 bridgehead atoms. The summed E-state index contributed by atoms with van der Waals surface area (Å²) in [6.07, 6.45) is 0. The smallest absolute Gasteiger partial charge is 0.285 e. The molecule has 0 atom stereocenters. The quantitative estimate of drug-likeness (QED) is 0.583. The van der Waals surface area contributed by atoms with Crippen molar-refractivity contribution in [3.8, 4) is 5.75 Å². The van der Waals surface area contributed by atoms with Crippen molar-refractivity contribution in [3.63, 3.8) is 0 Å². The lowest BCUT2D eigenvalue weighted by atomic mass is 10.2. The Morgan fingerprint density at radius 3 is 2.57 bits per heavy atom. The topological polar surface area (TPSA) is 35.5 Å². The molecule has 0 unspecified atom stereocenters. The number of carbonyl (C=O) groups excluding carboxylic acids is 1. The summed E-state index contributed by atoms with van der Waals surface area (Å²) in [7, 11) is 0. The highest BCUT2D eigenvalue weighted by atomic mass is 35.5. The fourth-order valence-electron chi connectivity index (χ4n) is 0.805. The molecule has 0 fully saturated rings. The number of hydrogen-bond donors (Lipinski definition) is 0. The average molecular weight is 235 g/mol. The van der Waals surface area contributed by atoms with Crippen molar-refractivity contribution in [1.29, 1.82) is 0 Å². The van der Waals surface area contributed by atoms with Crippen LogP contribution in [0.5, 0.6) is 5.75 Å². The number of carbonyl (C=O) groups is 1. The van der Waals surface area contributed by atoms with E-state index in [4.69, 9.17) is 28.1 Å². The van der Waals surface area contributed by atoms with Gasteiger partial charge >= 0.3 is 5.97 Å². The maximum Gasteiger partial charge on any atom is 0.352 e. The molecule has 0 heterocycles. The summed E-state index contributed by atoms with van der Waals surface area (Å²) in [6, 6.07) is 3.14. The third kappa shape index (κ3) is 2.53. The van der Waals surface area contributed by atoms with Crippen molar-refractivity contribution in [2.45, 2.75) is 13.8 Å². The zero-order valence-electron chi connectivity index (χ0n) is 7.64. The van der Waals surface area contributed by atoms with Crippen LogP contribution in [0.2, 0.25) is 10.0 Å². The first-order chi connectivity index (χ1) is 6.52. The number of halogens is 2. The minimum Gasteiger partial charge on any atom is -0.285 e. The SMILES string of the molecule is CC(=O)OOc1ccc(Cl)c(C)c1Cl. The Hall–Kier alpha value is -0.930. The van der Waals surface area contributed by atoms with Crippen LogP contribution in [0.1, 0.15) is 12.5 Å². The van der Waals surface area contributed by atoms with E-state index < -0.39 is 5.97 Å². The molecule has 0 aliphatic carbocycles. The van der Waals surface area contributed by atoms with Gasteiger partial charge in [0.25, 0.3) is 0 Å². The van der Waals surface area contributed by atoms with Crippen LogP contribution < -0.4 is 4.89 Å². The van der Waals surface area contributed by atoms with Crippen molar-refractivity contribution in [3.05, 3.63) is 27.7 Å². The summed E-state index contributed by atoms with van der Waals surface area (Å²) in [5, 5.41) is 0.865. The zero-order chi connectivity index (χ0) is 10.7. The van der Waals surface area contributed by atoms with E-state index in [2.05, 4.69) is 4.89 Å². The van der Waals surface area contributed by atoms with E-state index in [-0.39, 0.29) is 5.75 Å². The van der Waals surface area contributed by atoms with Crippen molar-refractivity contribution < 1.29 is 14.6 Å². The summed E-state index contributed by atoms with van der Waals surface area (Å²) >= 11 is 11.7. The second kappa shape index (κ2) is 4.53. The lowest BCUT2D eigenvalue weighted by Gasteiger charge is -2.07. The Morgan fingerprint density at radius 1 is 1.36 bits per heavy atom. The highest BCUT2D eigenvalue weighted by molar-refractivity contribution is 6.36. The summed E-state index contributed by atoms with van der Waals surface area (Å²) in [4.78, 5) is 19.5. The Balaban J connectivity index is 2.88. The largest absolute Gasteiger partial charge is 0.352 e. The third-order valence-electron chi connectivity index (χ3n) is 1.53. The van der Waals surface area contributed by atoms with Crippen LogP contribution in [0.3, 0.4) is 0 Å². The summed E-state index contributed by atoms with van der Waals surface area (Å²) in [5.41, 5.74) is 0.679. The molecule has 0 saturated carbocycles. The summed E-state index contributed by atoms with van der Waals surface area (Å²) in [5.74, 6) is -0.280. The lowest BCUT2D eigenvalue weighted by molar-refractivity contribution is -0.210. The first kappa shape index (κ1) is 11.1. The molecule has 0 aromatic heterocycles. The first-order valence-corrected chi connectivity index (χ1v) is 4.57. The molecular formula is C9H8Cl2O3. The second-order valence-electron chi connectivity index (χ2n) is 2.64. The molecule has 0 amide bonds. The van der Waals surface area contributed by atoms with Gasteiger partial charge in [0.1, 0.15) is 0 Å². The van der Waals surface area contributed by atoms with Gasteiger partial charge in [0.05, 0.1) is 5.02 Å². The Morgan fingerprint density at radius 2 is 2.00 bits per heavy atom. The maximum absolute atomic E-state index is 10.5. The van der Waals surface area contributed by atoms with Crippen LogP contribution in [-0.2, 0) is 9.68 Å². The molecule has 0 aliphatic rings. The fraction of sp³-hybridized carbons (Fsp3) is 0.222. The number of benzene rings is 1. The van der Waals surface area contributed by atoms with E-state index in [9.17, 15) is 4.79 Å². The van der Waals surface area contributed by atoms with E-state index >= 15 is 0 Å². The van der Waals surface area contributed by atoms with Crippen LogP contribution in [0.25, 0.3) is 0 Å². The van der Waals surface area contributed by atoms with Gasteiger partial charge in [-0.05, 0) is 24.6 Å². The van der Waals surface area contributed by atoms with Crippen molar-refractivity contribution in [2.24, 2.45) is 0 Å². The monoisotopic (exact) mass is 234 g/mol. The van der Waals surface area contributed by atoms with Crippen molar-refractivity contribution in [1.82, 2.24) is 0 Å². The zero-order valence-corrected chi connectivity index (χ0v) is 9.15. The molecule has 0 aliphatic heterocycles. The summed E-state index contributed by atoms with van der Waals surface area (Å²) < 4.78 is 0. The maximum atomic E-state index is 10.5. The predicted molar refractivity (Wildman–Crippen MR) is 53.6 cm³/mol. The van der Waals surface area contributed by atoms with Crippen LogP contribution in [0.15, 0.2) is 12.1 Å². The van der Waals surface area contributed by atoms with Gasteiger partial charge in [0.15, 0.2) is 5.75 Å². The molecule has 5 heteroatoms. The fourth-order valence-corrected chi connectivity index (χ4v) is 1.21. The molecular weight excluding hydrogens is 227 g/mol. The molecule has 0 N–H and O–H groups in total. The van der Waals surface area contributed by atoms with E-state index in [0.717, 1.165) is 0 Å². The van der Waals surface area contributed by atoms with Gasteiger partial charge in [0, 0.05) is 11.9 Å². The third-order valence-corrected chi connectivity index (χ3v) is 2.41. The normalized spacial score (nSPS) is 9.71. The van der Waals surface area contributed by atoms with E-state index in [1.807, 2.05) is 0 Å². The molecule has 14 heavy (non-hydrogen) atoms. The second-order valence-corrected chi connectivity index (χ2v) is 3.43. The molecule has 1 rings (SSSR count). The van der Waals surface area contributed by atoms with E-state index in [1.54, 1.807) is 13.0 Å². The minimum absolute atomic E-state index is 0.267. The molecule has 1 aromatic carbocycles. The van der Waals surface area contributed by atoms with Crippen LogP contribution in [0.4, 0.5) is 0 Å². The van der Waals surface area contributed by atoms with E-state index in [1.165, 1.54) is 13.0 Å². The minimum atomic E-state index is -0.548. The number of hydrogen-bond acceptors (Lipinski definition) is 3. The molecule has 76 valence electrons. The molecule has 0 radical (unpaired) electrons. The average Bonchev–Trinajstić information content (AvgIpc) is 2.13. The Bertz CT molecular complexity index is 363. The van der Waals surface area contributed by atoms with Crippen LogP contribution >= 0.6 is 23.2 Å². The predicted octanol–water partition coefficient (Wildman–Crippen LogP) is 3.16. The highest BCUT2D eigenvalue weighted by Gasteiger charge is 2.09. The molecule has 1 aromatic rings.